The number of hydrogen-bond donors (Lipinski definition) is 0. The van der Waals surface area contributed by atoms with Crippen LogP contribution >= 0.6 is 0 Å². The molecule has 2 heterocycles. The van der Waals surface area contributed by atoms with E-state index in [1.165, 1.54) is 27.9 Å². The molecule has 1 aliphatic heterocycles. The third-order valence-electron chi connectivity index (χ3n) is 5.44. The highest BCUT2D eigenvalue weighted by Gasteiger charge is 2.29. The zero-order valence-corrected chi connectivity index (χ0v) is 19.2. The lowest BCUT2D eigenvalue weighted by molar-refractivity contribution is 0.118. The van der Waals surface area contributed by atoms with Crippen LogP contribution in [0.2, 0.25) is 0 Å². The molecule has 1 aliphatic rings. The third-order valence-corrected chi connectivity index (χ3v) is 5.44. The van der Waals surface area contributed by atoms with Gasteiger partial charge in [0.25, 0.3) is 0 Å². The molecule has 0 aliphatic carbocycles. The number of anilines is 2. The minimum atomic E-state index is 0.463. The number of oxime groups is 1. The average molecular weight is 397 g/mol. The molecule has 2 aromatic rings. The number of aromatic nitrogens is 2. The minimum Gasteiger partial charge on any atom is -0.395 e. The summed E-state index contributed by atoms with van der Waals surface area (Å²) in [6, 6.07) is 4.54. The van der Waals surface area contributed by atoms with Crippen molar-refractivity contribution in [3.8, 4) is 0 Å². The second kappa shape index (κ2) is 9.02. The Morgan fingerprint density at radius 1 is 1.21 bits per heavy atom. The fraction of sp³-hybridized carbons (Fsp3) is 0.583. The van der Waals surface area contributed by atoms with Crippen LogP contribution in [0, 0.1) is 26.7 Å². The molecule has 158 valence electrons. The Balaban J connectivity index is 2.05. The van der Waals surface area contributed by atoms with E-state index in [4.69, 9.17) is 9.94 Å². The van der Waals surface area contributed by atoms with E-state index < -0.39 is 0 Å². The number of nitrogens with zero attached hydrogens (tertiary/aromatic N) is 4. The molecule has 0 spiro atoms. The third kappa shape index (κ3) is 4.49. The molecule has 1 aromatic heterocycles. The van der Waals surface area contributed by atoms with Crippen LogP contribution in [0.3, 0.4) is 0 Å². The lowest BCUT2D eigenvalue weighted by Crippen LogP contribution is -2.26. The summed E-state index contributed by atoms with van der Waals surface area (Å²) in [5.74, 6) is 1.54. The van der Waals surface area contributed by atoms with Crippen molar-refractivity contribution in [3.63, 3.8) is 0 Å². The van der Waals surface area contributed by atoms with Crippen LogP contribution in [-0.4, -0.2) is 28.6 Å². The van der Waals surface area contributed by atoms with Crippen molar-refractivity contribution in [3.05, 3.63) is 40.1 Å². The molecule has 0 fully saturated rings. The monoisotopic (exact) mass is 396 g/mol. The van der Waals surface area contributed by atoms with E-state index in [2.05, 4.69) is 63.7 Å². The normalized spacial score (nSPS) is 14.5. The van der Waals surface area contributed by atoms with Gasteiger partial charge in [-0.3, -0.25) is 4.68 Å². The Morgan fingerprint density at radius 2 is 1.90 bits per heavy atom. The van der Waals surface area contributed by atoms with E-state index in [0.717, 1.165) is 49.5 Å². The van der Waals surface area contributed by atoms with Gasteiger partial charge in [0.15, 0.2) is 5.82 Å². The minimum absolute atomic E-state index is 0.463. The summed E-state index contributed by atoms with van der Waals surface area (Å²) < 4.78 is 2.01. The van der Waals surface area contributed by atoms with E-state index in [1.807, 2.05) is 11.7 Å². The van der Waals surface area contributed by atoms with Crippen molar-refractivity contribution in [2.75, 3.05) is 18.1 Å². The van der Waals surface area contributed by atoms with Gasteiger partial charge in [0.2, 0.25) is 0 Å². The van der Waals surface area contributed by atoms with Gasteiger partial charge < -0.3 is 9.74 Å². The quantitative estimate of drug-likeness (QED) is 0.451. The first-order chi connectivity index (χ1) is 13.8. The summed E-state index contributed by atoms with van der Waals surface area (Å²) in [6.45, 7) is 14.7. The van der Waals surface area contributed by atoms with Crippen LogP contribution in [0.15, 0.2) is 17.3 Å². The number of fused-ring (bicyclic) bond motifs is 1. The smallest absolute Gasteiger partial charge is 0.158 e. The molecule has 0 saturated carbocycles. The summed E-state index contributed by atoms with van der Waals surface area (Å²) in [5, 5.41) is 9.51. The van der Waals surface area contributed by atoms with Crippen LogP contribution in [0.1, 0.15) is 68.0 Å². The first-order valence-electron chi connectivity index (χ1n) is 10.9. The highest BCUT2D eigenvalue weighted by molar-refractivity contribution is 6.01. The Hall–Kier alpha value is -2.30. The predicted octanol–water partition coefficient (Wildman–Crippen LogP) is 5.61. The molecule has 0 N–H and O–H groups in total. The molecular weight excluding hydrogens is 360 g/mol. The fourth-order valence-corrected chi connectivity index (χ4v) is 4.41. The van der Waals surface area contributed by atoms with Gasteiger partial charge in [-0.1, -0.05) is 50.0 Å². The van der Waals surface area contributed by atoms with Crippen LogP contribution in [0.25, 0.3) is 0 Å². The Labute approximate surface area is 175 Å². The van der Waals surface area contributed by atoms with Gasteiger partial charge in [-0.15, -0.1) is 0 Å². The van der Waals surface area contributed by atoms with E-state index >= 15 is 0 Å². The maximum absolute atomic E-state index is 5.68. The number of aryl methyl sites for hydroxylation is 4. The van der Waals surface area contributed by atoms with Crippen molar-refractivity contribution < 1.29 is 4.84 Å². The lowest BCUT2D eigenvalue weighted by atomic mass is 9.97. The van der Waals surface area contributed by atoms with Crippen molar-refractivity contribution in [2.24, 2.45) is 18.1 Å². The zero-order valence-electron chi connectivity index (χ0n) is 19.2. The SMILES string of the molecule is CCC/C(=N\OCC(C)C)c1c2c(nn1C)N(c1c(C)cc(C)cc1C)CCC2. The first-order valence-corrected chi connectivity index (χ1v) is 10.9. The molecule has 1 aromatic carbocycles. The van der Waals surface area contributed by atoms with Crippen molar-refractivity contribution in [1.82, 2.24) is 9.78 Å². The van der Waals surface area contributed by atoms with Crippen molar-refractivity contribution >= 4 is 17.2 Å². The van der Waals surface area contributed by atoms with Crippen LogP contribution < -0.4 is 4.90 Å². The highest BCUT2D eigenvalue weighted by Crippen LogP contribution is 2.38. The van der Waals surface area contributed by atoms with E-state index in [0.29, 0.717) is 12.5 Å². The molecule has 0 saturated heterocycles. The van der Waals surface area contributed by atoms with E-state index in [-0.39, 0.29) is 0 Å². The van der Waals surface area contributed by atoms with Gasteiger partial charge in [-0.2, -0.15) is 5.10 Å². The maximum atomic E-state index is 5.68. The molecule has 3 rings (SSSR count). The van der Waals surface area contributed by atoms with Gasteiger partial charge >= 0.3 is 0 Å². The average Bonchev–Trinajstić information content (AvgIpc) is 2.96. The van der Waals surface area contributed by atoms with Gasteiger partial charge in [-0.25, -0.2) is 0 Å². The topological polar surface area (TPSA) is 42.7 Å². The van der Waals surface area contributed by atoms with Crippen molar-refractivity contribution in [2.45, 2.75) is 67.2 Å². The number of hydrogen-bond acceptors (Lipinski definition) is 4. The highest BCUT2D eigenvalue weighted by atomic mass is 16.6. The van der Waals surface area contributed by atoms with Gasteiger partial charge in [0, 0.05) is 24.8 Å². The predicted molar refractivity (Wildman–Crippen MR) is 121 cm³/mol. The molecular formula is C24H36N4O. The summed E-state index contributed by atoms with van der Waals surface area (Å²) in [6.07, 6.45) is 4.08. The van der Waals surface area contributed by atoms with Crippen LogP contribution in [0.4, 0.5) is 11.5 Å². The molecule has 5 heteroatoms. The van der Waals surface area contributed by atoms with Gasteiger partial charge in [0.05, 0.1) is 5.69 Å². The number of rotatable bonds is 7. The fourth-order valence-electron chi connectivity index (χ4n) is 4.41. The molecule has 0 atom stereocenters. The molecule has 29 heavy (non-hydrogen) atoms. The second-order valence-electron chi connectivity index (χ2n) is 8.75. The van der Waals surface area contributed by atoms with E-state index in [1.54, 1.807) is 0 Å². The Bertz CT molecular complexity index is 872. The van der Waals surface area contributed by atoms with Crippen molar-refractivity contribution in [1.29, 1.82) is 0 Å². The Kier molecular flexibility index (Phi) is 6.66. The number of benzene rings is 1. The molecule has 0 radical (unpaired) electrons. The molecule has 0 unspecified atom stereocenters. The standard InChI is InChI=1S/C24H36N4O/c1-8-10-21(26-29-15-16(2)3)23-20-11-9-12-28(24(20)25-27(23)7)22-18(5)13-17(4)14-19(22)6/h13-14,16H,8-12,15H2,1-7H3/b26-21+. The van der Waals surface area contributed by atoms with Gasteiger partial charge in [-0.05, 0) is 57.1 Å². The largest absolute Gasteiger partial charge is 0.395 e. The summed E-state index contributed by atoms with van der Waals surface area (Å²) in [5.41, 5.74) is 8.68. The van der Waals surface area contributed by atoms with Crippen LogP contribution in [0.5, 0.6) is 0 Å². The lowest BCUT2D eigenvalue weighted by Gasteiger charge is -2.31. The Morgan fingerprint density at radius 3 is 2.52 bits per heavy atom. The molecule has 0 bridgehead atoms. The molecule has 0 amide bonds. The van der Waals surface area contributed by atoms with Crippen LogP contribution in [-0.2, 0) is 18.3 Å². The summed E-state index contributed by atoms with van der Waals surface area (Å²) in [4.78, 5) is 8.08. The maximum Gasteiger partial charge on any atom is 0.158 e. The summed E-state index contributed by atoms with van der Waals surface area (Å²) in [7, 11) is 2.04. The zero-order chi connectivity index (χ0) is 21.1. The van der Waals surface area contributed by atoms with Gasteiger partial charge in [0.1, 0.15) is 12.3 Å². The second-order valence-corrected chi connectivity index (χ2v) is 8.75. The molecule has 5 nitrogen and oxygen atoms in total. The van der Waals surface area contributed by atoms with E-state index in [9.17, 15) is 0 Å². The first kappa shape index (κ1) is 21.4. The summed E-state index contributed by atoms with van der Waals surface area (Å²) >= 11 is 0.